The quantitative estimate of drug-likeness (QED) is 0.681. The molecule has 0 aliphatic rings. The molecule has 0 aliphatic heterocycles. The molecular formula is C12H19N7OS. The molecule has 114 valence electrons. The third kappa shape index (κ3) is 3.42. The lowest BCUT2D eigenvalue weighted by Gasteiger charge is -2.07. The molecule has 4 N–H and O–H groups in total. The Kier molecular flexibility index (Phi) is 4.97. The molecule has 2 aromatic rings. The molecule has 0 radical (unpaired) electrons. The number of nitrogens with zero attached hydrogens (tertiary/aromatic N) is 4. The van der Waals surface area contributed by atoms with Crippen LogP contribution in [0.1, 0.15) is 24.1 Å². The standard InChI is InChI=1S/C12H19N7OS/c1-4-19-9(5-13)17-18-12(19)21-6-10(20)14-11-7(2)15-16-8(11)3/h4-6,13H2,1-3H3,(H,14,20)(H,15,16). The number of hydrogen-bond donors (Lipinski definition) is 3. The predicted molar refractivity (Wildman–Crippen MR) is 81.0 cm³/mol. The van der Waals surface area contributed by atoms with Gasteiger partial charge in [-0.25, -0.2) is 0 Å². The minimum absolute atomic E-state index is 0.104. The number of carbonyl (C=O) groups is 1. The lowest BCUT2D eigenvalue weighted by Crippen LogP contribution is -2.16. The van der Waals surface area contributed by atoms with E-state index in [1.165, 1.54) is 11.8 Å². The van der Waals surface area contributed by atoms with Crippen molar-refractivity contribution in [3.63, 3.8) is 0 Å². The molecule has 0 saturated heterocycles. The SMILES string of the molecule is CCn1c(CN)nnc1SCC(=O)Nc1c(C)n[nH]c1C. The summed E-state index contributed by atoms with van der Waals surface area (Å²) in [5.74, 6) is 0.877. The van der Waals surface area contributed by atoms with E-state index in [2.05, 4.69) is 25.7 Å². The van der Waals surface area contributed by atoms with Gasteiger partial charge in [-0.3, -0.25) is 9.89 Å². The Morgan fingerprint density at radius 2 is 2.19 bits per heavy atom. The highest BCUT2D eigenvalue weighted by molar-refractivity contribution is 7.99. The number of H-pyrrole nitrogens is 1. The molecule has 21 heavy (non-hydrogen) atoms. The van der Waals surface area contributed by atoms with Crippen LogP contribution in [0.15, 0.2) is 5.16 Å². The zero-order valence-electron chi connectivity index (χ0n) is 12.3. The average Bonchev–Trinajstić information content (AvgIpc) is 3.02. The number of hydrogen-bond acceptors (Lipinski definition) is 6. The number of anilines is 1. The Morgan fingerprint density at radius 1 is 1.43 bits per heavy atom. The summed E-state index contributed by atoms with van der Waals surface area (Å²) >= 11 is 1.34. The summed E-state index contributed by atoms with van der Waals surface area (Å²) in [6.45, 7) is 6.76. The van der Waals surface area contributed by atoms with Gasteiger partial charge in [0.2, 0.25) is 5.91 Å². The van der Waals surface area contributed by atoms with E-state index in [0.717, 1.165) is 29.4 Å². The highest BCUT2D eigenvalue weighted by Crippen LogP contribution is 2.19. The largest absolute Gasteiger partial charge is 0.324 e. The van der Waals surface area contributed by atoms with Crippen LogP contribution >= 0.6 is 11.8 Å². The molecule has 0 fully saturated rings. The molecule has 2 aromatic heterocycles. The van der Waals surface area contributed by atoms with Crippen molar-refractivity contribution in [3.8, 4) is 0 Å². The molecule has 0 aromatic carbocycles. The van der Waals surface area contributed by atoms with Crippen molar-refractivity contribution >= 4 is 23.4 Å². The van der Waals surface area contributed by atoms with E-state index in [9.17, 15) is 4.79 Å². The number of amides is 1. The number of thioether (sulfide) groups is 1. The summed E-state index contributed by atoms with van der Waals surface area (Å²) in [7, 11) is 0. The van der Waals surface area contributed by atoms with Gasteiger partial charge in [0, 0.05) is 6.54 Å². The van der Waals surface area contributed by atoms with Crippen LogP contribution in [-0.4, -0.2) is 36.6 Å². The van der Waals surface area contributed by atoms with E-state index in [4.69, 9.17) is 5.73 Å². The average molecular weight is 309 g/mol. The first-order chi connectivity index (χ1) is 10.1. The van der Waals surface area contributed by atoms with Crippen molar-refractivity contribution in [1.29, 1.82) is 0 Å². The van der Waals surface area contributed by atoms with E-state index < -0.39 is 0 Å². The van der Waals surface area contributed by atoms with Gasteiger partial charge in [0.05, 0.1) is 29.4 Å². The van der Waals surface area contributed by atoms with Gasteiger partial charge < -0.3 is 15.6 Å². The summed E-state index contributed by atoms with van der Waals surface area (Å²) in [6, 6.07) is 0. The van der Waals surface area contributed by atoms with E-state index >= 15 is 0 Å². The summed E-state index contributed by atoms with van der Waals surface area (Å²) in [4.78, 5) is 12.0. The third-order valence-electron chi connectivity index (χ3n) is 3.02. The van der Waals surface area contributed by atoms with Crippen molar-refractivity contribution in [2.75, 3.05) is 11.1 Å². The van der Waals surface area contributed by atoms with Gasteiger partial charge in [0.1, 0.15) is 5.82 Å². The van der Waals surface area contributed by atoms with Crippen LogP contribution < -0.4 is 11.1 Å². The zero-order chi connectivity index (χ0) is 15.4. The zero-order valence-corrected chi connectivity index (χ0v) is 13.1. The highest BCUT2D eigenvalue weighted by atomic mass is 32.2. The lowest BCUT2D eigenvalue weighted by atomic mass is 10.3. The van der Waals surface area contributed by atoms with Gasteiger partial charge in [-0.05, 0) is 20.8 Å². The molecule has 0 atom stereocenters. The molecule has 0 bridgehead atoms. The first-order valence-corrected chi connectivity index (χ1v) is 7.61. The van der Waals surface area contributed by atoms with Crippen LogP contribution in [0, 0.1) is 13.8 Å². The molecule has 2 heterocycles. The van der Waals surface area contributed by atoms with Crippen molar-refractivity contribution < 1.29 is 4.79 Å². The Morgan fingerprint density at radius 3 is 2.76 bits per heavy atom. The van der Waals surface area contributed by atoms with Crippen LogP contribution in [0.4, 0.5) is 5.69 Å². The summed E-state index contributed by atoms with van der Waals surface area (Å²) in [5, 5.41) is 18.5. The van der Waals surface area contributed by atoms with Crippen LogP contribution in [0.2, 0.25) is 0 Å². The molecule has 0 unspecified atom stereocenters. The fourth-order valence-corrected chi connectivity index (χ4v) is 2.76. The van der Waals surface area contributed by atoms with Gasteiger partial charge in [-0.15, -0.1) is 10.2 Å². The van der Waals surface area contributed by atoms with Gasteiger partial charge in [-0.1, -0.05) is 11.8 Å². The second kappa shape index (κ2) is 6.72. The van der Waals surface area contributed by atoms with Crippen molar-refractivity contribution in [3.05, 3.63) is 17.2 Å². The van der Waals surface area contributed by atoms with Gasteiger partial charge in [-0.2, -0.15) is 5.10 Å². The molecule has 2 rings (SSSR count). The van der Waals surface area contributed by atoms with E-state index in [1.54, 1.807) is 0 Å². The molecule has 9 heteroatoms. The fourth-order valence-electron chi connectivity index (χ4n) is 1.94. The maximum atomic E-state index is 12.0. The minimum Gasteiger partial charge on any atom is -0.324 e. The maximum absolute atomic E-state index is 12.0. The Balaban J connectivity index is 1.97. The number of carbonyl (C=O) groups excluding carboxylic acids is 1. The number of nitrogens with one attached hydrogen (secondary N) is 2. The van der Waals surface area contributed by atoms with Gasteiger partial charge in [0.25, 0.3) is 0 Å². The Hall–Kier alpha value is -1.87. The fraction of sp³-hybridized carbons (Fsp3) is 0.500. The van der Waals surface area contributed by atoms with Crippen LogP contribution in [-0.2, 0) is 17.9 Å². The van der Waals surface area contributed by atoms with Crippen molar-refractivity contribution in [2.45, 2.75) is 39.0 Å². The van der Waals surface area contributed by atoms with Crippen molar-refractivity contribution in [2.24, 2.45) is 5.73 Å². The Bertz CT molecular complexity index is 614. The van der Waals surface area contributed by atoms with Gasteiger partial charge >= 0.3 is 0 Å². The number of aromatic nitrogens is 5. The van der Waals surface area contributed by atoms with E-state index in [1.807, 2.05) is 25.3 Å². The molecule has 8 nitrogen and oxygen atoms in total. The Labute approximate surface area is 126 Å². The van der Waals surface area contributed by atoms with Crippen molar-refractivity contribution in [1.82, 2.24) is 25.0 Å². The summed E-state index contributed by atoms with van der Waals surface area (Å²) in [5.41, 5.74) is 7.95. The molecule has 0 spiro atoms. The lowest BCUT2D eigenvalue weighted by molar-refractivity contribution is -0.113. The molecule has 0 aliphatic carbocycles. The van der Waals surface area contributed by atoms with Crippen LogP contribution in [0.25, 0.3) is 0 Å². The van der Waals surface area contributed by atoms with Crippen LogP contribution in [0.5, 0.6) is 0 Å². The first-order valence-electron chi connectivity index (χ1n) is 6.63. The predicted octanol–water partition coefficient (Wildman–Crippen LogP) is 0.827. The molecular weight excluding hydrogens is 290 g/mol. The number of aromatic amines is 1. The number of aryl methyl sites for hydroxylation is 2. The molecule has 0 saturated carbocycles. The second-order valence-corrected chi connectivity index (χ2v) is 5.44. The maximum Gasteiger partial charge on any atom is 0.234 e. The summed E-state index contributed by atoms with van der Waals surface area (Å²) < 4.78 is 1.91. The first kappa shape index (κ1) is 15.5. The molecule has 1 amide bonds. The van der Waals surface area contributed by atoms with Crippen LogP contribution in [0.3, 0.4) is 0 Å². The van der Waals surface area contributed by atoms with Gasteiger partial charge in [0.15, 0.2) is 5.16 Å². The smallest absolute Gasteiger partial charge is 0.234 e. The highest BCUT2D eigenvalue weighted by Gasteiger charge is 2.14. The monoisotopic (exact) mass is 309 g/mol. The summed E-state index contributed by atoms with van der Waals surface area (Å²) in [6.07, 6.45) is 0. The third-order valence-corrected chi connectivity index (χ3v) is 3.98. The van der Waals surface area contributed by atoms with E-state index in [-0.39, 0.29) is 11.7 Å². The normalized spacial score (nSPS) is 10.9. The van der Waals surface area contributed by atoms with E-state index in [0.29, 0.717) is 11.7 Å². The minimum atomic E-state index is -0.104. The second-order valence-electron chi connectivity index (χ2n) is 4.49. The number of nitrogens with two attached hydrogens (primary N) is 1. The number of rotatable bonds is 6. The topological polar surface area (TPSA) is 115 Å².